The van der Waals surface area contributed by atoms with Crippen molar-refractivity contribution < 1.29 is 9.59 Å². The first kappa shape index (κ1) is 22.8. The number of rotatable bonds is 5. The highest BCUT2D eigenvalue weighted by atomic mass is 35.5. The van der Waals surface area contributed by atoms with E-state index in [4.69, 9.17) is 17.3 Å². The third-order valence-corrected chi connectivity index (χ3v) is 5.31. The average molecular weight is 448 g/mol. The van der Waals surface area contributed by atoms with Gasteiger partial charge in [0, 0.05) is 11.3 Å². The Bertz CT molecular complexity index is 1250. The summed E-state index contributed by atoms with van der Waals surface area (Å²) in [7, 11) is 0. The van der Waals surface area contributed by atoms with Crippen LogP contribution in [0.25, 0.3) is 0 Å². The normalized spacial score (nSPS) is 10.8. The quantitative estimate of drug-likeness (QED) is 0.512. The fraction of sp³-hybridized carbons (Fsp3) is 0.167. The van der Waals surface area contributed by atoms with E-state index in [9.17, 15) is 14.9 Å². The van der Waals surface area contributed by atoms with E-state index in [-0.39, 0.29) is 16.5 Å². The Morgan fingerprint density at radius 1 is 1.06 bits per heavy atom. The molecule has 0 aliphatic carbocycles. The van der Waals surface area contributed by atoms with Crippen molar-refractivity contribution in [1.29, 1.82) is 5.26 Å². The van der Waals surface area contributed by atoms with Gasteiger partial charge in [-0.25, -0.2) is 0 Å². The van der Waals surface area contributed by atoms with Crippen molar-refractivity contribution in [2.24, 2.45) is 0 Å². The number of nitrogen functional groups attached to an aromatic ring is 1. The molecule has 0 saturated heterocycles. The summed E-state index contributed by atoms with van der Waals surface area (Å²) in [5.74, 6) is -0.835. The Balaban J connectivity index is 1.80. The Labute approximate surface area is 191 Å². The molecule has 3 rings (SSSR count). The number of aryl methyl sites for hydroxylation is 1. The van der Waals surface area contributed by atoms with E-state index in [1.807, 2.05) is 0 Å². The van der Waals surface area contributed by atoms with Gasteiger partial charge in [0.2, 0.25) is 0 Å². The number of nitrogens with zero attached hydrogens (tertiary/aromatic N) is 2. The summed E-state index contributed by atoms with van der Waals surface area (Å²) < 4.78 is 0. The van der Waals surface area contributed by atoms with Gasteiger partial charge in [-0.2, -0.15) is 5.26 Å². The second-order valence-corrected chi connectivity index (χ2v) is 8.23. The molecule has 8 heteroatoms. The van der Waals surface area contributed by atoms with Gasteiger partial charge in [0.05, 0.1) is 45.3 Å². The zero-order valence-electron chi connectivity index (χ0n) is 17.9. The smallest absolute Gasteiger partial charge is 0.257 e. The fourth-order valence-electron chi connectivity index (χ4n) is 2.91. The maximum atomic E-state index is 12.8. The van der Waals surface area contributed by atoms with Crippen LogP contribution in [0.1, 0.15) is 45.8 Å². The number of hydrogen-bond donors (Lipinski definition) is 3. The number of aromatic nitrogens is 1. The summed E-state index contributed by atoms with van der Waals surface area (Å²) in [5.41, 5.74) is 8.37. The lowest BCUT2D eigenvalue weighted by molar-refractivity contribution is 0.101. The standard InChI is InChI=1S/C24H22ClN5O2/c1-14-21(27)11-18(12-28-14)30-23(32)19-10-17(7-8-20(19)25)29-22(31)15-5-4-6-16(9-15)24(2,3)13-26/h4-12H,27H2,1-3H3,(H,29,31)(H,30,32). The first-order valence-corrected chi connectivity index (χ1v) is 10.1. The third-order valence-electron chi connectivity index (χ3n) is 4.98. The highest BCUT2D eigenvalue weighted by Crippen LogP contribution is 2.25. The van der Waals surface area contributed by atoms with Crippen LogP contribution < -0.4 is 16.4 Å². The molecule has 0 aliphatic rings. The number of halogens is 1. The number of hydrogen-bond acceptors (Lipinski definition) is 5. The van der Waals surface area contributed by atoms with Gasteiger partial charge >= 0.3 is 0 Å². The molecule has 0 aliphatic heterocycles. The Hall–Kier alpha value is -3.89. The summed E-state index contributed by atoms with van der Waals surface area (Å²) in [5, 5.41) is 15.0. The monoisotopic (exact) mass is 447 g/mol. The Morgan fingerprint density at radius 2 is 1.78 bits per heavy atom. The SMILES string of the molecule is Cc1ncc(NC(=O)c2cc(NC(=O)c3cccc(C(C)(C)C#N)c3)ccc2Cl)cc1N. The minimum Gasteiger partial charge on any atom is -0.397 e. The van der Waals surface area contributed by atoms with E-state index in [2.05, 4.69) is 21.7 Å². The minimum atomic E-state index is -0.726. The lowest BCUT2D eigenvalue weighted by atomic mass is 9.85. The largest absolute Gasteiger partial charge is 0.397 e. The van der Waals surface area contributed by atoms with Crippen molar-refractivity contribution in [3.05, 3.63) is 82.1 Å². The number of benzene rings is 2. The van der Waals surface area contributed by atoms with E-state index in [1.54, 1.807) is 57.2 Å². The molecule has 0 radical (unpaired) electrons. The first-order valence-electron chi connectivity index (χ1n) is 9.77. The number of amides is 2. The number of nitrogens with two attached hydrogens (primary N) is 1. The van der Waals surface area contributed by atoms with Crippen LogP contribution in [-0.2, 0) is 5.41 Å². The van der Waals surface area contributed by atoms with Crippen LogP contribution >= 0.6 is 11.6 Å². The molecule has 0 spiro atoms. The highest BCUT2D eigenvalue weighted by Gasteiger charge is 2.21. The zero-order valence-corrected chi connectivity index (χ0v) is 18.6. The van der Waals surface area contributed by atoms with Gasteiger partial charge in [0.15, 0.2) is 0 Å². The molecule has 1 aromatic heterocycles. The molecule has 162 valence electrons. The van der Waals surface area contributed by atoms with E-state index in [1.165, 1.54) is 18.3 Å². The number of carbonyl (C=O) groups is 2. The number of carbonyl (C=O) groups excluding carboxylic acids is 2. The highest BCUT2D eigenvalue weighted by molar-refractivity contribution is 6.34. The molecule has 2 aromatic carbocycles. The number of anilines is 3. The minimum absolute atomic E-state index is 0.183. The third kappa shape index (κ3) is 5.05. The maximum absolute atomic E-state index is 12.8. The van der Waals surface area contributed by atoms with Crippen LogP contribution in [0, 0.1) is 18.3 Å². The second-order valence-electron chi connectivity index (χ2n) is 7.82. The van der Waals surface area contributed by atoms with Gasteiger partial charge < -0.3 is 16.4 Å². The van der Waals surface area contributed by atoms with Crippen molar-refractivity contribution in [3.63, 3.8) is 0 Å². The Morgan fingerprint density at radius 3 is 2.47 bits per heavy atom. The van der Waals surface area contributed by atoms with Gasteiger partial charge in [-0.3, -0.25) is 14.6 Å². The molecule has 3 aromatic rings. The molecule has 7 nitrogen and oxygen atoms in total. The second kappa shape index (κ2) is 9.08. The first-order chi connectivity index (χ1) is 15.1. The van der Waals surface area contributed by atoms with Gasteiger partial charge in [0.1, 0.15) is 0 Å². The number of nitriles is 1. The van der Waals surface area contributed by atoms with E-state index >= 15 is 0 Å². The lowest BCUT2D eigenvalue weighted by Gasteiger charge is -2.16. The van der Waals surface area contributed by atoms with Gasteiger partial charge in [-0.15, -0.1) is 0 Å². The van der Waals surface area contributed by atoms with E-state index < -0.39 is 11.3 Å². The van der Waals surface area contributed by atoms with Crippen molar-refractivity contribution >= 4 is 40.5 Å². The van der Waals surface area contributed by atoms with Crippen LogP contribution in [0.3, 0.4) is 0 Å². The van der Waals surface area contributed by atoms with Crippen molar-refractivity contribution in [2.45, 2.75) is 26.2 Å². The van der Waals surface area contributed by atoms with Crippen LogP contribution in [0.15, 0.2) is 54.7 Å². The summed E-state index contributed by atoms with van der Waals surface area (Å²) in [4.78, 5) is 29.6. The predicted octanol–water partition coefficient (Wildman–Crippen LogP) is 4.93. The molecule has 0 saturated carbocycles. The molecule has 1 heterocycles. The fourth-order valence-corrected chi connectivity index (χ4v) is 3.11. The molecular formula is C24H22ClN5O2. The summed E-state index contributed by atoms with van der Waals surface area (Å²) in [6, 6.07) is 15.3. The Kier molecular flexibility index (Phi) is 6.47. The van der Waals surface area contributed by atoms with Crippen LogP contribution in [0.5, 0.6) is 0 Å². The van der Waals surface area contributed by atoms with Crippen LogP contribution in [0.4, 0.5) is 17.1 Å². The van der Waals surface area contributed by atoms with E-state index in [0.29, 0.717) is 28.3 Å². The maximum Gasteiger partial charge on any atom is 0.257 e. The van der Waals surface area contributed by atoms with Crippen LogP contribution in [0.2, 0.25) is 5.02 Å². The summed E-state index contributed by atoms with van der Waals surface area (Å²) in [6.07, 6.45) is 1.50. The summed E-state index contributed by atoms with van der Waals surface area (Å²) >= 11 is 6.21. The predicted molar refractivity (Wildman–Crippen MR) is 126 cm³/mol. The number of pyridine rings is 1. The molecule has 4 N–H and O–H groups in total. The molecule has 0 unspecified atom stereocenters. The number of nitrogens with one attached hydrogen (secondary N) is 2. The van der Waals surface area contributed by atoms with Gasteiger partial charge in [-0.1, -0.05) is 23.7 Å². The molecule has 32 heavy (non-hydrogen) atoms. The summed E-state index contributed by atoms with van der Waals surface area (Å²) in [6.45, 7) is 5.33. The zero-order chi connectivity index (χ0) is 23.5. The van der Waals surface area contributed by atoms with Gasteiger partial charge in [-0.05, 0) is 62.7 Å². The average Bonchev–Trinajstić information content (AvgIpc) is 2.77. The topological polar surface area (TPSA) is 121 Å². The van der Waals surface area contributed by atoms with E-state index in [0.717, 1.165) is 5.56 Å². The van der Waals surface area contributed by atoms with Gasteiger partial charge in [0.25, 0.3) is 11.8 Å². The van der Waals surface area contributed by atoms with Crippen molar-refractivity contribution in [3.8, 4) is 6.07 Å². The molecular weight excluding hydrogens is 426 g/mol. The van der Waals surface area contributed by atoms with Crippen LogP contribution in [-0.4, -0.2) is 16.8 Å². The van der Waals surface area contributed by atoms with Crippen molar-refractivity contribution in [2.75, 3.05) is 16.4 Å². The molecule has 0 atom stereocenters. The molecule has 2 amide bonds. The lowest BCUT2D eigenvalue weighted by Crippen LogP contribution is -2.17. The molecule has 0 fully saturated rings. The molecule has 0 bridgehead atoms. The van der Waals surface area contributed by atoms with Crippen molar-refractivity contribution in [1.82, 2.24) is 4.98 Å².